The van der Waals surface area contributed by atoms with Gasteiger partial charge in [0.25, 0.3) is 0 Å². The van der Waals surface area contributed by atoms with Crippen LogP contribution < -0.4 is 15.4 Å². The third-order valence-corrected chi connectivity index (χ3v) is 2.99. The third kappa shape index (κ3) is 7.54. The first-order chi connectivity index (χ1) is 11.6. The number of hydrogen-bond acceptors (Lipinski definition) is 3. The summed E-state index contributed by atoms with van der Waals surface area (Å²) in [5.41, 5.74) is -0.00989. The van der Waals surface area contributed by atoms with E-state index < -0.39 is 12.4 Å². The second-order valence-corrected chi connectivity index (χ2v) is 4.77. The normalized spacial score (nSPS) is 11.7. The largest absolute Gasteiger partial charge is 0.434 e. The average molecular weight is 347 g/mol. The highest BCUT2D eigenvalue weighted by atomic mass is 19.3. The number of alkyl halides is 2. The zero-order chi connectivity index (χ0) is 17.8. The molecule has 0 aliphatic rings. The Morgan fingerprint density at radius 1 is 1.25 bits per heavy atom. The van der Waals surface area contributed by atoms with Crippen LogP contribution in [0.3, 0.4) is 0 Å². The van der Waals surface area contributed by atoms with Gasteiger partial charge in [0.15, 0.2) is 5.96 Å². The Kier molecular flexibility index (Phi) is 9.67. The molecule has 0 aliphatic heterocycles. The molecule has 24 heavy (non-hydrogen) atoms. The first-order valence-electron chi connectivity index (χ1n) is 7.90. The van der Waals surface area contributed by atoms with E-state index in [4.69, 9.17) is 4.74 Å². The Morgan fingerprint density at radius 3 is 2.71 bits per heavy atom. The van der Waals surface area contributed by atoms with E-state index >= 15 is 0 Å². The van der Waals surface area contributed by atoms with Crippen molar-refractivity contribution in [2.75, 3.05) is 26.3 Å². The van der Waals surface area contributed by atoms with Crippen LogP contribution in [0.2, 0.25) is 0 Å². The maximum absolute atomic E-state index is 13.9. The topological polar surface area (TPSA) is 54.9 Å². The first kappa shape index (κ1) is 20.1. The number of nitrogens with zero attached hydrogens (tertiary/aromatic N) is 1. The van der Waals surface area contributed by atoms with E-state index in [9.17, 15) is 13.2 Å². The molecule has 1 aromatic carbocycles. The fourth-order valence-corrected chi connectivity index (χ4v) is 1.92. The molecular formula is C16H24F3N3O2. The number of guanidine groups is 1. The lowest BCUT2D eigenvalue weighted by molar-refractivity contribution is -0.0506. The fourth-order valence-electron chi connectivity index (χ4n) is 1.92. The molecule has 0 heterocycles. The van der Waals surface area contributed by atoms with Crippen LogP contribution in [0.25, 0.3) is 0 Å². The lowest BCUT2D eigenvalue weighted by atomic mass is 10.2. The number of ether oxygens (including phenoxy) is 2. The molecule has 5 nitrogen and oxygen atoms in total. The molecule has 0 atom stereocenters. The van der Waals surface area contributed by atoms with Gasteiger partial charge in [0.05, 0.1) is 12.1 Å². The number of aliphatic imine (C=N–C) groups is 1. The summed E-state index contributed by atoms with van der Waals surface area (Å²) >= 11 is 0. The summed E-state index contributed by atoms with van der Waals surface area (Å²) in [7, 11) is 0. The minimum atomic E-state index is -3.01. The van der Waals surface area contributed by atoms with Gasteiger partial charge < -0.3 is 20.1 Å². The van der Waals surface area contributed by atoms with Gasteiger partial charge in [-0.1, -0.05) is 6.07 Å². The molecule has 0 saturated heterocycles. The maximum atomic E-state index is 13.9. The SMILES string of the molecule is CCNC(=NCc1c(F)cccc1OC(F)F)NCCCOCC. The summed E-state index contributed by atoms with van der Waals surface area (Å²) in [5, 5.41) is 6.09. The van der Waals surface area contributed by atoms with E-state index in [1.807, 2.05) is 13.8 Å². The highest BCUT2D eigenvalue weighted by Gasteiger charge is 2.13. The summed E-state index contributed by atoms with van der Waals surface area (Å²) in [6, 6.07) is 3.80. The van der Waals surface area contributed by atoms with E-state index in [1.54, 1.807) is 0 Å². The van der Waals surface area contributed by atoms with Crippen LogP contribution >= 0.6 is 0 Å². The van der Waals surface area contributed by atoms with Gasteiger partial charge in [-0.2, -0.15) is 8.78 Å². The minimum Gasteiger partial charge on any atom is -0.434 e. The molecule has 1 rings (SSSR count). The van der Waals surface area contributed by atoms with Crippen molar-refractivity contribution in [1.82, 2.24) is 10.6 Å². The number of hydrogen-bond donors (Lipinski definition) is 2. The first-order valence-corrected chi connectivity index (χ1v) is 7.90. The maximum Gasteiger partial charge on any atom is 0.387 e. The lowest BCUT2D eigenvalue weighted by Gasteiger charge is -2.13. The quantitative estimate of drug-likeness (QED) is 0.388. The Labute approximate surface area is 140 Å². The van der Waals surface area contributed by atoms with Gasteiger partial charge in [-0.05, 0) is 32.4 Å². The predicted molar refractivity (Wildman–Crippen MR) is 87.0 cm³/mol. The Balaban J connectivity index is 2.71. The van der Waals surface area contributed by atoms with Gasteiger partial charge in [0.2, 0.25) is 0 Å². The summed E-state index contributed by atoms with van der Waals surface area (Å²) in [6.45, 7) is 3.22. The Bertz CT molecular complexity index is 513. The number of benzene rings is 1. The van der Waals surface area contributed by atoms with Crippen molar-refractivity contribution in [2.45, 2.75) is 33.4 Å². The molecular weight excluding hydrogens is 323 g/mol. The van der Waals surface area contributed by atoms with Crippen LogP contribution in [0.15, 0.2) is 23.2 Å². The molecule has 0 unspecified atom stereocenters. The van der Waals surface area contributed by atoms with Crippen molar-refractivity contribution in [1.29, 1.82) is 0 Å². The van der Waals surface area contributed by atoms with Gasteiger partial charge in [-0.3, -0.25) is 0 Å². The molecule has 0 aliphatic carbocycles. The van der Waals surface area contributed by atoms with Crippen LogP contribution in [-0.4, -0.2) is 38.9 Å². The van der Waals surface area contributed by atoms with Crippen LogP contribution in [-0.2, 0) is 11.3 Å². The summed E-state index contributed by atoms with van der Waals surface area (Å²) < 4.78 is 48.3. The highest BCUT2D eigenvalue weighted by molar-refractivity contribution is 5.79. The van der Waals surface area contributed by atoms with Crippen LogP contribution in [0.1, 0.15) is 25.8 Å². The van der Waals surface area contributed by atoms with Crippen LogP contribution in [0.4, 0.5) is 13.2 Å². The molecule has 8 heteroatoms. The molecule has 2 N–H and O–H groups in total. The van der Waals surface area contributed by atoms with E-state index in [-0.39, 0.29) is 17.9 Å². The molecule has 0 amide bonds. The van der Waals surface area contributed by atoms with Gasteiger partial charge in [0.1, 0.15) is 11.6 Å². The molecule has 0 bridgehead atoms. The monoisotopic (exact) mass is 347 g/mol. The zero-order valence-electron chi connectivity index (χ0n) is 13.9. The van der Waals surface area contributed by atoms with Crippen molar-refractivity contribution in [3.8, 4) is 5.75 Å². The van der Waals surface area contributed by atoms with Crippen LogP contribution in [0.5, 0.6) is 5.75 Å². The van der Waals surface area contributed by atoms with E-state index in [0.717, 1.165) is 6.42 Å². The highest BCUT2D eigenvalue weighted by Crippen LogP contribution is 2.24. The van der Waals surface area contributed by atoms with Crippen molar-refractivity contribution < 1.29 is 22.6 Å². The minimum absolute atomic E-state index is 0.00989. The molecule has 0 saturated carbocycles. The number of rotatable bonds is 10. The third-order valence-electron chi connectivity index (χ3n) is 2.99. The summed E-state index contributed by atoms with van der Waals surface area (Å²) in [6.07, 6.45) is 0.789. The van der Waals surface area contributed by atoms with Gasteiger partial charge in [0, 0.05) is 26.3 Å². The molecule has 136 valence electrons. The van der Waals surface area contributed by atoms with Crippen LogP contribution in [0, 0.1) is 5.82 Å². The summed E-state index contributed by atoms with van der Waals surface area (Å²) in [4.78, 5) is 4.22. The molecule has 0 fully saturated rings. The Hall–Kier alpha value is -1.96. The Morgan fingerprint density at radius 2 is 2.04 bits per heavy atom. The number of halogens is 3. The zero-order valence-corrected chi connectivity index (χ0v) is 13.9. The fraction of sp³-hybridized carbons (Fsp3) is 0.562. The molecule has 1 aromatic rings. The molecule has 0 aromatic heterocycles. The smallest absolute Gasteiger partial charge is 0.387 e. The standard InChI is InChI=1S/C16H24F3N3O2/c1-3-20-16(21-9-6-10-23-4-2)22-11-12-13(17)7-5-8-14(12)24-15(18)19/h5,7-8,15H,3-4,6,9-11H2,1-2H3,(H2,20,21,22). The van der Waals surface area contributed by atoms with Gasteiger partial charge >= 0.3 is 6.61 Å². The number of nitrogens with one attached hydrogen (secondary N) is 2. The average Bonchev–Trinajstić information content (AvgIpc) is 2.53. The molecule has 0 spiro atoms. The van der Waals surface area contributed by atoms with Gasteiger partial charge in [-0.15, -0.1) is 0 Å². The van der Waals surface area contributed by atoms with E-state index in [2.05, 4.69) is 20.4 Å². The lowest BCUT2D eigenvalue weighted by Crippen LogP contribution is -2.38. The van der Waals surface area contributed by atoms with Crippen molar-refractivity contribution in [3.05, 3.63) is 29.6 Å². The van der Waals surface area contributed by atoms with Crippen molar-refractivity contribution in [2.24, 2.45) is 4.99 Å². The van der Waals surface area contributed by atoms with Crippen molar-refractivity contribution >= 4 is 5.96 Å². The van der Waals surface area contributed by atoms with E-state index in [0.29, 0.717) is 32.3 Å². The van der Waals surface area contributed by atoms with E-state index in [1.165, 1.54) is 18.2 Å². The van der Waals surface area contributed by atoms with Crippen molar-refractivity contribution in [3.63, 3.8) is 0 Å². The second-order valence-electron chi connectivity index (χ2n) is 4.77. The summed E-state index contributed by atoms with van der Waals surface area (Å²) in [5.74, 6) is -0.370. The predicted octanol–water partition coefficient (Wildman–Crippen LogP) is 2.91. The molecule has 0 radical (unpaired) electrons. The second kappa shape index (κ2) is 11.6. The van der Waals surface area contributed by atoms with Gasteiger partial charge in [-0.25, -0.2) is 9.38 Å².